The molecular weight excluding hydrogens is 453 g/mol. The summed E-state index contributed by atoms with van der Waals surface area (Å²) in [6.07, 6.45) is 2.58. The first kappa shape index (κ1) is 23.2. The summed E-state index contributed by atoms with van der Waals surface area (Å²) in [5.74, 6) is -1.61. The zero-order chi connectivity index (χ0) is 24.9. The summed E-state index contributed by atoms with van der Waals surface area (Å²) < 4.78 is 25.4. The Hall–Kier alpha value is -4.97. The molecule has 0 radical (unpaired) electrons. The third kappa shape index (κ3) is 5.34. The highest BCUT2D eigenvalue weighted by Crippen LogP contribution is 2.28. The third-order valence-electron chi connectivity index (χ3n) is 5.05. The molecule has 0 fully saturated rings. The van der Waals surface area contributed by atoms with Crippen LogP contribution in [0, 0.1) is 17.1 Å². The monoisotopic (exact) mass is 471 g/mol. The molecule has 8 nitrogen and oxygen atoms in total. The van der Waals surface area contributed by atoms with E-state index in [0.717, 1.165) is 0 Å². The molecule has 4 aromatic rings. The van der Waals surface area contributed by atoms with Gasteiger partial charge in [0.25, 0.3) is 0 Å². The molecule has 2 N–H and O–H groups in total. The van der Waals surface area contributed by atoms with Crippen LogP contribution in [0.3, 0.4) is 0 Å². The number of fused-ring (bicyclic) bond motifs is 1. The molecule has 1 amide bonds. The number of carbonyl (C=O) groups excluding carboxylic acids is 1. The van der Waals surface area contributed by atoms with Crippen molar-refractivity contribution in [1.29, 1.82) is 5.26 Å². The molecule has 9 heteroatoms. The molecule has 0 saturated heterocycles. The number of rotatable bonds is 7. The summed E-state index contributed by atoms with van der Waals surface area (Å²) in [6, 6.07) is 15.9. The number of carbonyl (C=O) groups is 2. The molecule has 0 spiro atoms. The molecule has 0 atom stereocenters. The number of amides is 1. The standard InChI is InChI=1S/C26H18FN3O5/c1-34-22-7-2-15(10-18(22)14-28)4-9-24(31)29-20-6-5-17(13-19(20)27)26-30-21-11-16(12-25(32)33)3-8-23(21)35-26/h2-11,13H,12H2,1H3,(H,29,31)(H,32,33). The van der Waals surface area contributed by atoms with Gasteiger partial charge in [-0.3, -0.25) is 9.59 Å². The van der Waals surface area contributed by atoms with Gasteiger partial charge in [0.1, 0.15) is 23.2 Å². The van der Waals surface area contributed by atoms with E-state index < -0.39 is 17.7 Å². The number of nitriles is 1. The Morgan fingerprint density at radius 3 is 2.74 bits per heavy atom. The predicted octanol–water partition coefficient (Wildman–Crippen LogP) is 4.79. The van der Waals surface area contributed by atoms with Gasteiger partial charge in [0.15, 0.2) is 5.58 Å². The van der Waals surface area contributed by atoms with Crippen molar-refractivity contribution >= 4 is 34.7 Å². The SMILES string of the molecule is COc1ccc(C=CC(=O)Nc2ccc(-c3nc4cc(CC(=O)O)ccc4o3)cc2F)cc1C#N. The van der Waals surface area contributed by atoms with Crippen LogP contribution in [0.1, 0.15) is 16.7 Å². The van der Waals surface area contributed by atoms with Crippen molar-refractivity contribution in [2.45, 2.75) is 6.42 Å². The minimum absolute atomic E-state index is 0.0318. The number of anilines is 1. The lowest BCUT2D eigenvalue weighted by atomic mass is 10.1. The van der Waals surface area contributed by atoms with E-state index in [-0.39, 0.29) is 18.0 Å². The second-order valence-corrected chi connectivity index (χ2v) is 7.48. The van der Waals surface area contributed by atoms with E-state index in [1.54, 1.807) is 42.5 Å². The number of aromatic nitrogens is 1. The average Bonchev–Trinajstić information content (AvgIpc) is 3.27. The summed E-state index contributed by atoms with van der Waals surface area (Å²) >= 11 is 0. The minimum atomic E-state index is -0.960. The molecule has 1 aromatic heterocycles. The third-order valence-corrected chi connectivity index (χ3v) is 5.05. The van der Waals surface area contributed by atoms with Crippen molar-refractivity contribution in [3.05, 3.63) is 83.2 Å². The highest BCUT2D eigenvalue weighted by atomic mass is 19.1. The van der Waals surface area contributed by atoms with Gasteiger partial charge in [-0.25, -0.2) is 9.37 Å². The largest absolute Gasteiger partial charge is 0.495 e. The Labute approximate surface area is 198 Å². The molecule has 1 heterocycles. The number of ether oxygens (including phenoxy) is 1. The van der Waals surface area contributed by atoms with Crippen LogP contribution >= 0.6 is 0 Å². The first-order valence-corrected chi connectivity index (χ1v) is 10.3. The number of benzene rings is 3. The van der Waals surface area contributed by atoms with Gasteiger partial charge in [-0.15, -0.1) is 0 Å². The Balaban J connectivity index is 1.48. The van der Waals surface area contributed by atoms with Crippen LogP contribution in [-0.2, 0) is 16.0 Å². The molecule has 0 aliphatic heterocycles. The molecule has 0 aliphatic rings. The summed E-state index contributed by atoms with van der Waals surface area (Å²) in [5, 5.41) is 20.6. The highest BCUT2D eigenvalue weighted by Gasteiger charge is 2.13. The Morgan fingerprint density at radius 1 is 1.20 bits per heavy atom. The maximum Gasteiger partial charge on any atom is 0.307 e. The topological polar surface area (TPSA) is 125 Å². The lowest BCUT2D eigenvalue weighted by molar-refractivity contribution is -0.136. The summed E-state index contributed by atoms with van der Waals surface area (Å²) in [6.45, 7) is 0. The van der Waals surface area contributed by atoms with Crippen molar-refractivity contribution in [3.63, 3.8) is 0 Å². The highest BCUT2D eigenvalue weighted by molar-refractivity contribution is 6.02. The number of oxazole rings is 1. The van der Waals surface area contributed by atoms with E-state index in [2.05, 4.69) is 10.3 Å². The molecule has 174 valence electrons. The number of halogens is 1. The zero-order valence-electron chi connectivity index (χ0n) is 18.4. The van der Waals surface area contributed by atoms with Crippen LogP contribution < -0.4 is 10.1 Å². The second kappa shape index (κ2) is 9.89. The first-order valence-electron chi connectivity index (χ1n) is 10.3. The number of carboxylic acids is 1. The number of aliphatic carboxylic acids is 1. The van der Waals surface area contributed by atoms with Gasteiger partial charge in [0.05, 0.1) is 24.8 Å². The van der Waals surface area contributed by atoms with Crippen LogP contribution in [0.5, 0.6) is 5.75 Å². The molecule has 0 saturated carbocycles. The lowest BCUT2D eigenvalue weighted by Gasteiger charge is -2.05. The number of carboxylic acid groups (broad SMARTS) is 1. The fraction of sp³-hybridized carbons (Fsp3) is 0.0769. The van der Waals surface area contributed by atoms with Gasteiger partial charge in [-0.05, 0) is 59.7 Å². The lowest BCUT2D eigenvalue weighted by Crippen LogP contribution is -2.09. The van der Waals surface area contributed by atoms with Crippen molar-refractivity contribution < 1.29 is 28.2 Å². The molecule has 0 bridgehead atoms. The molecule has 4 rings (SSSR count). The van der Waals surface area contributed by atoms with E-state index in [9.17, 15) is 14.0 Å². The molecular formula is C26H18FN3O5. The first-order chi connectivity index (χ1) is 16.9. The normalized spacial score (nSPS) is 10.9. The number of hydrogen-bond donors (Lipinski definition) is 2. The van der Waals surface area contributed by atoms with Gasteiger partial charge in [0, 0.05) is 11.6 Å². The van der Waals surface area contributed by atoms with Gasteiger partial charge < -0.3 is 19.6 Å². The van der Waals surface area contributed by atoms with Crippen LogP contribution in [0.4, 0.5) is 10.1 Å². The zero-order valence-corrected chi connectivity index (χ0v) is 18.4. The maximum atomic E-state index is 14.7. The summed E-state index contributed by atoms with van der Waals surface area (Å²) in [7, 11) is 1.46. The van der Waals surface area contributed by atoms with Gasteiger partial charge in [-0.2, -0.15) is 5.26 Å². The van der Waals surface area contributed by atoms with Crippen LogP contribution in [0.15, 0.2) is 65.1 Å². The fourth-order valence-corrected chi connectivity index (χ4v) is 3.39. The smallest absolute Gasteiger partial charge is 0.307 e. The van der Waals surface area contributed by atoms with Crippen LogP contribution in [0.25, 0.3) is 28.6 Å². The molecule has 35 heavy (non-hydrogen) atoms. The van der Waals surface area contributed by atoms with E-state index in [1.807, 2.05) is 6.07 Å². The minimum Gasteiger partial charge on any atom is -0.495 e. The molecule has 3 aromatic carbocycles. The van der Waals surface area contributed by atoms with E-state index in [4.69, 9.17) is 19.5 Å². The van der Waals surface area contributed by atoms with E-state index in [0.29, 0.717) is 39.1 Å². The van der Waals surface area contributed by atoms with Crippen molar-refractivity contribution in [2.24, 2.45) is 0 Å². The second-order valence-electron chi connectivity index (χ2n) is 7.48. The molecule has 0 unspecified atom stereocenters. The van der Waals surface area contributed by atoms with Crippen molar-refractivity contribution in [2.75, 3.05) is 12.4 Å². The fourth-order valence-electron chi connectivity index (χ4n) is 3.39. The Bertz CT molecular complexity index is 1520. The number of nitrogens with one attached hydrogen (secondary N) is 1. The Morgan fingerprint density at radius 2 is 2.03 bits per heavy atom. The van der Waals surface area contributed by atoms with Gasteiger partial charge in [-0.1, -0.05) is 12.1 Å². The average molecular weight is 471 g/mol. The van der Waals surface area contributed by atoms with Crippen molar-refractivity contribution in [1.82, 2.24) is 4.98 Å². The van der Waals surface area contributed by atoms with Crippen molar-refractivity contribution in [3.8, 4) is 23.3 Å². The van der Waals surface area contributed by atoms with Gasteiger partial charge >= 0.3 is 5.97 Å². The number of hydrogen-bond acceptors (Lipinski definition) is 6. The van der Waals surface area contributed by atoms with E-state index in [1.165, 1.54) is 31.4 Å². The predicted molar refractivity (Wildman–Crippen MR) is 126 cm³/mol. The van der Waals surface area contributed by atoms with Crippen LogP contribution in [0.2, 0.25) is 0 Å². The van der Waals surface area contributed by atoms with E-state index >= 15 is 0 Å². The quantitative estimate of drug-likeness (QED) is 0.371. The number of methoxy groups -OCH3 is 1. The maximum absolute atomic E-state index is 14.7. The Kier molecular flexibility index (Phi) is 6.55. The molecule has 0 aliphatic carbocycles. The van der Waals surface area contributed by atoms with Crippen LogP contribution in [-0.4, -0.2) is 29.1 Å². The summed E-state index contributed by atoms with van der Waals surface area (Å²) in [4.78, 5) is 27.5. The van der Waals surface area contributed by atoms with Gasteiger partial charge in [0.2, 0.25) is 11.8 Å². The number of nitrogens with zero attached hydrogens (tertiary/aromatic N) is 2. The summed E-state index contributed by atoms with van der Waals surface area (Å²) in [5.41, 5.74) is 2.73.